The molecule has 1 aromatic rings. The van der Waals surface area contributed by atoms with Gasteiger partial charge in [0, 0.05) is 17.9 Å². The molecule has 3 heteroatoms. The van der Waals surface area contributed by atoms with Crippen LogP contribution in [0.2, 0.25) is 0 Å². The third kappa shape index (κ3) is 2.31. The monoisotopic (exact) mass is 302 g/mol. The molecule has 1 saturated carbocycles. The number of carbonyl (C=O) groups is 1. The Morgan fingerprint density at radius 1 is 1.36 bits per heavy atom. The van der Waals surface area contributed by atoms with Gasteiger partial charge in [-0.3, -0.25) is 4.79 Å². The predicted octanol–water partition coefficient (Wildman–Crippen LogP) is 4.68. The van der Waals surface area contributed by atoms with Crippen molar-refractivity contribution in [2.45, 2.75) is 64.9 Å². The number of fused-ring (bicyclic) bond motifs is 3. The lowest BCUT2D eigenvalue weighted by Crippen LogP contribution is -2.46. The highest BCUT2D eigenvalue weighted by atomic mass is 16.5. The number of benzene rings is 1. The van der Waals surface area contributed by atoms with Crippen LogP contribution < -0.4 is 4.74 Å². The summed E-state index contributed by atoms with van der Waals surface area (Å²) in [7, 11) is 0. The number of phenolic OH excluding ortho intramolecular Hbond substituents is 1. The fourth-order valence-electron chi connectivity index (χ4n) is 4.34. The number of ketones is 1. The molecule has 0 radical (unpaired) electrons. The molecule has 0 saturated heterocycles. The Kier molecular flexibility index (Phi) is 3.70. The van der Waals surface area contributed by atoms with E-state index in [-0.39, 0.29) is 23.1 Å². The van der Waals surface area contributed by atoms with Crippen molar-refractivity contribution in [3.05, 3.63) is 23.3 Å². The van der Waals surface area contributed by atoms with E-state index in [1.807, 2.05) is 13.0 Å². The van der Waals surface area contributed by atoms with Gasteiger partial charge in [0.1, 0.15) is 17.1 Å². The number of aromatic hydroxyl groups is 1. The molecule has 1 aliphatic heterocycles. The number of hydrogen-bond acceptors (Lipinski definition) is 3. The number of phenols is 1. The van der Waals surface area contributed by atoms with Gasteiger partial charge in [0.25, 0.3) is 0 Å². The Hall–Kier alpha value is -1.51. The smallest absolute Gasteiger partial charge is 0.166 e. The van der Waals surface area contributed by atoms with Crippen LogP contribution in [0.25, 0.3) is 0 Å². The summed E-state index contributed by atoms with van der Waals surface area (Å²) in [6.07, 6.45) is 3.78. The van der Waals surface area contributed by atoms with Crippen molar-refractivity contribution >= 4 is 5.78 Å². The third-order valence-corrected chi connectivity index (χ3v) is 5.55. The Morgan fingerprint density at radius 3 is 2.77 bits per heavy atom. The first-order valence-electron chi connectivity index (χ1n) is 8.43. The lowest BCUT2D eigenvalue weighted by atomic mass is 9.64. The van der Waals surface area contributed by atoms with Crippen molar-refractivity contribution in [1.82, 2.24) is 0 Å². The molecule has 0 amide bonds. The van der Waals surface area contributed by atoms with Crippen molar-refractivity contribution in [3.8, 4) is 11.5 Å². The normalized spacial score (nSPS) is 29.2. The topological polar surface area (TPSA) is 46.5 Å². The minimum Gasteiger partial charge on any atom is -0.507 e. The molecule has 3 nitrogen and oxygen atoms in total. The van der Waals surface area contributed by atoms with Crippen LogP contribution in [0, 0.1) is 11.8 Å². The second-order valence-corrected chi connectivity index (χ2v) is 7.49. The van der Waals surface area contributed by atoms with E-state index in [9.17, 15) is 9.90 Å². The highest BCUT2D eigenvalue weighted by molar-refractivity contribution is 5.99. The summed E-state index contributed by atoms with van der Waals surface area (Å²) >= 11 is 0. The summed E-state index contributed by atoms with van der Waals surface area (Å²) in [5.74, 6) is 2.23. The number of Topliss-reactive ketones (excluding diaryl/α,β-unsaturated/α-hetero) is 1. The van der Waals surface area contributed by atoms with Crippen LogP contribution in [-0.4, -0.2) is 16.5 Å². The Labute approximate surface area is 132 Å². The fraction of sp³-hybridized carbons (Fsp3) is 0.632. The maximum absolute atomic E-state index is 12.1. The SMILES string of the molecule is CCC(=O)c1ccc2c(c1O)[C@H]1C[C@@H](C)CC[C@@H]1C(C)(C)O2. The lowest BCUT2D eigenvalue weighted by Gasteiger charge is -2.48. The predicted molar refractivity (Wildman–Crippen MR) is 86.7 cm³/mol. The standard InChI is InChI=1S/C19H26O3/c1-5-15(20)12-7-9-16-17(18(12)21)13-10-11(2)6-8-14(13)19(3,4)22-16/h7,9,11,13-14,21H,5-6,8,10H2,1-4H3/t11-,13-,14-/m0/s1. The molecule has 0 spiro atoms. The molecule has 1 N–H and O–H groups in total. The van der Waals surface area contributed by atoms with E-state index in [2.05, 4.69) is 20.8 Å². The summed E-state index contributed by atoms with van der Waals surface area (Å²) < 4.78 is 6.20. The quantitative estimate of drug-likeness (QED) is 0.807. The zero-order chi connectivity index (χ0) is 16.1. The van der Waals surface area contributed by atoms with Gasteiger partial charge in [-0.25, -0.2) is 0 Å². The molecular formula is C19H26O3. The van der Waals surface area contributed by atoms with Gasteiger partial charge in [-0.2, -0.15) is 0 Å². The first kappa shape index (κ1) is 15.4. The molecule has 0 aromatic heterocycles. The Morgan fingerprint density at radius 2 is 2.09 bits per heavy atom. The molecule has 0 unspecified atom stereocenters. The summed E-state index contributed by atoms with van der Waals surface area (Å²) in [4.78, 5) is 12.1. The van der Waals surface area contributed by atoms with Crippen molar-refractivity contribution in [1.29, 1.82) is 0 Å². The number of carbonyl (C=O) groups excluding carboxylic acids is 1. The van der Waals surface area contributed by atoms with Gasteiger partial charge in [0.2, 0.25) is 0 Å². The molecule has 1 heterocycles. The number of rotatable bonds is 2. The van der Waals surface area contributed by atoms with Crippen LogP contribution in [0.5, 0.6) is 11.5 Å². The minimum atomic E-state index is -0.222. The molecular weight excluding hydrogens is 276 g/mol. The van der Waals surface area contributed by atoms with E-state index in [0.29, 0.717) is 23.8 Å². The van der Waals surface area contributed by atoms with E-state index < -0.39 is 0 Å². The zero-order valence-corrected chi connectivity index (χ0v) is 14.0. The maximum Gasteiger partial charge on any atom is 0.166 e. The van der Waals surface area contributed by atoms with Gasteiger partial charge in [-0.1, -0.05) is 20.3 Å². The largest absolute Gasteiger partial charge is 0.507 e. The molecule has 1 aliphatic carbocycles. The van der Waals surface area contributed by atoms with E-state index >= 15 is 0 Å². The van der Waals surface area contributed by atoms with Gasteiger partial charge < -0.3 is 9.84 Å². The average Bonchev–Trinajstić information content (AvgIpc) is 2.45. The van der Waals surface area contributed by atoms with Crippen LogP contribution in [0.1, 0.15) is 75.2 Å². The first-order chi connectivity index (χ1) is 10.3. The van der Waals surface area contributed by atoms with Gasteiger partial charge in [-0.15, -0.1) is 0 Å². The van der Waals surface area contributed by atoms with Crippen molar-refractivity contribution in [2.24, 2.45) is 11.8 Å². The fourth-order valence-corrected chi connectivity index (χ4v) is 4.34. The molecule has 120 valence electrons. The van der Waals surface area contributed by atoms with Crippen LogP contribution in [0.15, 0.2) is 12.1 Å². The number of ether oxygens (including phenoxy) is 1. The molecule has 22 heavy (non-hydrogen) atoms. The lowest BCUT2D eigenvalue weighted by molar-refractivity contribution is -0.0145. The van der Waals surface area contributed by atoms with Gasteiger partial charge in [-0.05, 0) is 50.7 Å². The molecule has 0 bridgehead atoms. The maximum atomic E-state index is 12.1. The van der Waals surface area contributed by atoms with Gasteiger partial charge in [0.15, 0.2) is 5.78 Å². The second-order valence-electron chi connectivity index (χ2n) is 7.49. The van der Waals surface area contributed by atoms with Gasteiger partial charge in [0.05, 0.1) is 5.56 Å². The van der Waals surface area contributed by atoms with E-state index in [1.54, 1.807) is 6.07 Å². The molecule has 2 aliphatic rings. The van der Waals surface area contributed by atoms with E-state index in [4.69, 9.17) is 4.74 Å². The first-order valence-corrected chi connectivity index (χ1v) is 8.43. The molecule has 3 atom stereocenters. The summed E-state index contributed by atoms with van der Waals surface area (Å²) in [5.41, 5.74) is 1.09. The second kappa shape index (κ2) is 5.29. The third-order valence-electron chi connectivity index (χ3n) is 5.55. The average molecular weight is 302 g/mol. The van der Waals surface area contributed by atoms with Gasteiger partial charge >= 0.3 is 0 Å². The zero-order valence-electron chi connectivity index (χ0n) is 14.0. The summed E-state index contributed by atoms with van der Waals surface area (Å²) in [6, 6.07) is 3.58. The van der Waals surface area contributed by atoms with Crippen molar-refractivity contribution in [3.63, 3.8) is 0 Å². The Bertz CT molecular complexity index is 603. The highest BCUT2D eigenvalue weighted by Gasteiger charge is 2.47. The molecule has 3 rings (SSSR count). The summed E-state index contributed by atoms with van der Waals surface area (Å²) in [5, 5.41) is 10.7. The van der Waals surface area contributed by atoms with E-state index in [0.717, 1.165) is 24.2 Å². The molecule has 1 aromatic carbocycles. The minimum absolute atomic E-state index is 0.00876. The van der Waals surface area contributed by atoms with Crippen LogP contribution in [-0.2, 0) is 0 Å². The molecule has 1 fully saturated rings. The van der Waals surface area contributed by atoms with E-state index in [1.165, 1.54) is 6.42 Å². The summed E-state index contributed by atoms with van der Waals surface area (Å²) in [6.45, 7) is 8.39. The van der Waals surface area contributed by atoms with Crippen molar-refractivity contribution < 1.29 is 14.6 Å². The van der Waals surface area contributed by atoms with Crippen molar-refractivity contribution in [2.75, 3.05) is 0 Å². The Balaban J connectivity index is 2.13. The van der Waals surface area contributed by atoms with Crippen LogP contribution in [0.3, 0.4) is 0 Å². The highest BCUT2D eigenvalue weighted by Crippen LogP contribution is 2.55. The van der Waals surface area contributed by atoms with Crippen LogP contribution in [0.4, 0.5) is 0 Å². The van der Waals surface area contributed by atoms with Crippen LogP contribution >= 0.6 is 0 Å². The number of hydrogen-bond donors (Lipinski definition) is 1.